The van der Waals surface area contributed by atoms with Crippen LogP contribution >= 0.6 is 12.6 Å². The van der Waals surface area contributed by atoms with E-state index in [0.717, 1.165) is 6.54 Å². The molecule has 0 spiro atoms. The summed E-state index contributed by atoms with van der Waals surface area (Å²) in [6.07, 6.45) is 0. The maximum Gasteiger partial charge on any atom is 0.0288 e. The average molecular weight is 180 g/mol. The third-order valence-electron chi connectivity index (χ3n) is 1.66. The van der Waals surface area contributed by atoms with E-state index in [1.165, 1.54) is 11.1 Å². The summed E-state index contributed by atoms with van der Waals surface area (Å²) < 4.78 is 0. The van der Waals surface area contributed by atoms with Crippen LogP contribution in [0.3, 0.4) is 0 Å². The molecule has 1 aromatic rings. The molecule has 2 heteroatoms. The number of hydrogen-bond acceptors (Lipinski definition) is 1. The van der Waals surface area contributed by atoms with Gasteiger partial charge in [0.15, 0.2) is 0 Å². The highest BCUT2D eigenvalue weighted by atomic mass is 32.1. The third-order valence-corrected chi connectivity index (χ3v) is 1.99. The highest BCUT2D eigenvalue weighted by molar-refractivity contribution is 7.79. The monoisotopic (exact) mass is 180 g/mol. The normalized spacial score (nSPS) is 10.7. The van der Waals surface area contributed by atoms with Gasteiger partial charge in [-0.25, -0.2) is 0 Å². The quantitative estimate of drug-likeness (QED) is 0.690. The Morgan fingerprint density at radius 3 is 2.50 bits per heavy atom. The molecule has 1 aromatic carbocycles. The van der Waals surface area contributed by atoms with Gasteiger partial charge in [0.25, 0.3) is 0 Å². The SMILES string of the molecule is CN(C)Cc1cccc(C[S])c1. The summed E-state index contributed by atoms with van der Waals surface area (Å²) >= 11 is 4.98. The van der Waals surface area contributed by atoms with E-state index in [0.29, 0.717) is 5.75 Å². The maximum atomic E-state index is 4.98. The zero-order chi connectivity index (χ0) is 8.97. The maximum absolute atomic E-state index is 4.98. The van der Waals surface area contributed by atoms with Crippen molar-refractivity contribution in [3.8, 4) is 0 Å². The van der Waals surface area contributed by atoms with Crippen LogP contribution in [-0.4, -0.2) is 19.0 Å². The molecular formula is C10H14NS. The van der Waals surface area contributed by atoms with E-state index in [1.807, 2.05) is 0 Å². The fourth-order valence-electron chi connectivity index (χ4n) is 1.18. The van der Waals surface area contributed by atoms with Gasteiger partial charge in [-0.1, -0.05) is 36.9 Å². The minimum atomic E-state index is 0.710. The van der Waals surface area contributed by atoms with E-state index in [2.05, 4.69) is 43.3 Å². The van der Waals surface area contributed by atoms with Crippen LogP contribution in [0.25, 0.3) is 0 Å². The van der Waals surface area contributed by atoms with E-state index in [1.54, 1.807) is 0 Å². The summed E-state index contributed by atoms with van der Waals surface area (Å²) in [6, 6.07) is 8.45. The van der Waals surface area contributed by atoms with Crippen LogP contribution in [0, 0.1) is 0 Å². The van der Waals surface area contributed by atoms with Gasteiger partial charge in [0, 0.05) is 12.3 Å². The smallest absolute Gasteiger partial charge is 0.0288 e. The van der Waals surface area contributed by atoms with Crippen LogP contribution in [-0.2, 0) is 12.3 Å². The van der Waals surface area contributed by atoms with Crippen molar-refractivity contribution in [3.05, 3.63) is 35.4 Å². The summed E-state index contributed by atoms with van der Waals surface area (Å²) in [4.78, 5) is 2.16. The highest BCUT2D eigenvalue weighted by Crippen LogP contribution is 2.08. The van der Waals surface area contributed by atoms with Crippen molar-refractivity contribution in [2.24, 2.45) is 0 Å². The Kier molecular flexibility index (Phi) is 3.63. The molecule has 0 N–H and O–H groups in total. The van der Waals surface area contributed by atoms with E-state index in [4.69, 9.17) is 12.6 Å². The Morgan fingerprint density at radius 1 is 1.25 bits per heavy atom. The van der Waals surface area contributed by atoms with E-state index < -0.39 is 0 Å². The lowest BCUT2D eigenvalue weighted by atomic mass is 10.1. The van der Waals surface area contributed by atoms with Crippen molar-refractivity contribution < 1.29 is 0 Å². The molecule has 12 heavy (non-hydrogen) atoms. The summed E-state index contributed by atoms with van der Waals surface area (Å²) in [7, 11) is 4.14. The van der Waals surface area contributed by atoms with Crippen LogP contribution in [0.2, 0.25) is 0 Å². The summed E-state index contributed by atoms with van der Waals surface area (Å²) in [5.41, 5.74) is 2.58. The Morgan fingerprint density at radius 2 is 1.92 bits per heavy atom. The molecule has 0 aromatic heterocycles. The van der Waals surface area contributed by atoms with Crippen LogP contribution < -0.4 is 0 Å². The summed E-state index contributed by atoms with van der Waals surface area (Å²) in [5, 5.41) is 0. The van der Waals surface area contributed by atoms with Crippen molar-refractivity contribution in [1.29, 1.82) is 0 Å². The molecule has 0 unspecified atom stereocenters. The summed E-state index contributed by atoms with van der Waals surface area (Å²) in [5.74, 6) is 0.710. The van der Waals surface area contributed by atoms with Gasteiger partial charge < -0.3 is 4.90 Å². The van der Waals surface area contributed by atoms with E-state index >= 15 is 0 Å². The number of nitrogens with zero attached hydrogens (tertiary/aromatic N) is 1. The fourth-order valence-corrected chi connectivity index (χ4v) is 1.36. The summed E-state index contributed by atoms with van der Waals surface area (Å²) in [6.45, 7) is 0.989. The van der Waals surface area contributed by atoms with Crippen molar-refractivity contribution >= 4 is 12.6 Å². The topological polar surface area (TPSA) is 3.24 Å². The van der Waals surface area contributed by atoms with Gasteiger partial charge in [0.05, 0.1) is 0 Å². The van der Waals surface area contributed by atoms with Crippen LogP contribution in [0.1, 0.15) is 11.1 Å². The minimum absolute atomic E-state index is 0.710. The lowest BCUT2D eigenvalue weighted by Gasteiger charge is -2.09. The fraction of sp³-hybridized carbons (Fsp3) is 0.400. The first kappa shape index (κ1) is 9.62. The molecule has 1 radical (unpaired) electrons. The van der Waals surface area contributed by atoms with Crippen molar-refractivity contribution in [2.75, 3.05) is 14.1 Å². The van der Waals surface area contributed by atoms with Crippen LogP contribution in [0.5, 0.6) is 0 Å². The molecule has 0 amide bonds. The molecule has 0 saturated carbocycles. The molecule has 0 heterocycles. The predicted molar refractivity (Wildman–Crippen MR) is 55.1 cm³/mol. The molecule has 0 bridgehead atoms. The Balaban J connectivity index is 2.72. The standard InChI is InChI=1S/C10H14NS/c1-11(2)7-9-4-3-5-10(6-9)8-12/h3-6H,7-8H2,1-2H3. The molecule has 1 rings (SSSR count). The third kappa shape index (κ3) is 2.88. The molecule has 0 fully saturated rings. The van der Waals surface area contributed by atoms with Crippen molar-refractivity contribution in [1.82, 2.24) is 4.90 Å². The first-order valence-electron chi connectivity index (χ1n) is 4.03. The lowest BCUT2D eigenvalue weighted by Crippen LogP contribution is -2.10. The van der Waals surface area contributed by atoms with E-state index in [-0.39, 0.29) is 0 Å². The van der Waals surface area contributed by atoms with Gasteiger partial charge in [-0.3, -0.25) is 0 Å². The van der Waals surface area contributed by atoms with Gasteiger partial charge in [-0.05, 0) is 25.2 Å². The first-order valence-corrected chi connectivity index (χ1v) is 4.61. The molecule has 1 nitrogen and oxygen atoms in total. The zero-order valence-corrected chi connectivity index (χ0v) is 8.40. The molecule has 0 aliphatic rings. The largest absolute Gasteiger partial charge is 0.305 e. The Labute approximate surface area is 79.8 Å². The molecule has 0 aliphatic heterocycles. The first-order chi connectivity index (χ1) is 5.72. The zero-order valence-electron chi connectivity index (χ0n) is 7.58. The Bertz CT molecular complexity index is 245. The molecule has 65 valence electrons. The van der Waals surface area contributed by atoms with Crippen LogP contribution in [0.15, 0.2) is 24.3 Å². The van der Waals surface area contributed by atoms with Crippen molar-refractivity contribution in [2.45, 2.75) is 12.3 Å². The lowest BCUT2D eigenvalue weighted by molar-refractivity contribution is 0.402. The molecule has 0 saturated heterocycles. The second kappa shape index (κ2) is 4.53. The Hall–Kier alpha value is -0.470. The van der Waals surface area contributed by atoms with Gasteiger partial charge in [0.2, 0.25) is 0 Å². The number of benzene rings is 1. The highest BCUT2D eigenvalue weighted by Gasteiger charge is 1.95. The average Bonchev–Trinajstić information content (AvgIpc) is 2.03. The number of hydrogen-bond donors (Lipinski definition) is 0. The predicted octanol–water partition coefficient (Wildman–Crippen LogP) is 2.45. The van der Waals surface area contributed by atoms with Crippen LogP contribution in [0.4, 0.5) is 0 Å². The van der Waals surface area contributed by atoms with Gasteiger partial charge in [0.1, 0.15) is 0 Å². The van der Waals surface area contributed by atoms with Gasteiger partial charge >= 0.3 is 0 Å². The number of rotatable bonds is 3. The van der Waals surface area contributed by atoms with Gasteiger partial charge in [-0.15, -0.1) is 0 Å². The molecular weight excluding hydrogens is 166 g/mol. The van der Waals surface area contributed by atoms with Crippen molar-refractivity contribution in [3.63, 3.8) is 0 Å². The second-order valence-corrected chi connectivity index (χ2v) is 3.49. The minimum Gasteiger partial charge on any atom is -0.305 e. The van der Waals surface area contributed by atoms with Gasteiger partial charge in [-0.2, -0.15) is 0 Å². The second-order valence-electron chi connectivity index (χ2n) is 3.20. The molecule has 0 aliphatic carbocycles. The molecule has 0 atom stereocenters. The van der Waals surface area contributed by atoms with E-state index in [9.17, 15) is 0 Å².